The van der Waals surface area contributed by atoms with Gasteiger partial charge in [-0.25, -0.2) is 14.5 Å². The Hall–Kier alpha value is -4.48. The topological polar surface area (TPSA) is 134 Å². The fraction of sp³-hybridized carbons (Fsp3) is 0.160. The summed E-state index contributed by atoms with van der Waals surface area (Å²) < 4.78 is 18.5. The molecule has 12 heteroatoms. The normalized spacial score (nSPS) is 14.8. The quantitative estimate of drug-likeness (QED) is 0.266. The number of hydrogen-bond donors (Lipinski definition) is 2. The summed E-state index contributed by atoms with van der Waals surface area (Å²) >= 11 is 5.86. The second-order valence-corrected chi connectivity index (χ2v) is 8.50. The number of fused-ring (bicyclic) bond motifs is 1. The zero-order valence-electron chi connectivity index (χ0n) is 19.4. The molecule has 0 radical (unpaired) electrons. The maximum atomic E-state index is 12.6. The number of nitrogens with zero attached hydrogens (tertiary/aromatic N) is 3. The first kappa shape index (κ1) is 24.2. The molecule has 1 aliphatic heterocycles. The lowest BCUT2D eigenvalue weighted by atomic mass is 9.95. The number of halogens is 1. The second kappa shape index (κ2) is 9.88. The number of imide groups is 2. The van der Waals surface area contributed by atoms with E-state index in [9.17, 15) is 14.4 Å². The van der Waals surface area contributed by atoms with Crippen LogP contribution in [0.1, 0.15) is 6.42 Å². The second-order valence-electron chi connectivity index (χ2n) is 8.12. The maximum absolute atomic E-state index is 12.6. The van der Waals surface area contributed by atoms with Crippen LogP contribution < -0.4 is 20.1 Å². The smallest absolute Gasteiger partial charge is 0.328 e. The van der Waals surface area contributed by atoms with E-state index in [0.717, 1.165) is 16.6 Å². The molecule has 4 amide bonds. The van der Waals surface area contributed by atoms with Crippen LogP contribution in [0.15, 0.2) is 67.0 Å². The van der Waals surface area contributed by atoms with Gasteiger partial charge in [0, 0.05) is 25.1 Å². The molecular formula is C25H20ClN5O6. The fourth-order valence-corrected chi connectivity index (χ4v) is 3.89. The lowest BCUT2D eigenvalue weighted by Gasteiger charge is -2.34. The Labute approximate surface area is 215 Å². The SMILES string of the molecule is COCCC1(Oc2ccc(Oc3ccc4nn(-c5ccc(Cl)nc5)cc4c3)cc2)C(=O)NC(=O)NC1=O. The van der Waals surface area contributed by atoms with Gasteiger partial charge in [0.25, 0.3) is 17.4 Å². The number of barbiturate groups is 1. The van der Waals surface area contributed by atoms with Gasteiger partial charge in [0.1, 0.15) is 22.4 Å². The highest BCUT2D eigenvalue weighted by Gasteiger charge is 2.52. The van der Waals surface area contributed by atoms with E-state index in [0.29, 0.717) is 16.7 Å². The van der Waals surface area contributed by atoms with Crippen molar-refractivity contribution in [1.29, 1.82) is 0 Å². The van der Waals surface area contributed by atoms with Crippen molar-refractivity contribution in [2.75, 3.05) is 13.7 Å². The van der Waals surface area contributed by atoms with Crippen LogP contribution in [-0.4, -0.2) is 51.9 Å². The van der Waals surface area contributed by atoms with E-state index in [2.05, 4.69) is 20.7 Å². The number of carbonyl (C=O) groups excluding carboxylic acids is 3. The highest BCUT2D eigenvalue weighted by molar-refractivity contribution is 6.29. The molecule has 0 spiro atoms. The van der Waals surface area contributed by atoms with Gasteiger partial charge in [0.05, 0.1) is 24.0 Å². The molecule has 11 nitrogen and oxygen atoms in total. The average Bonchev–Trinajstić information content (AvgIpc) is 3.30. The molecule has 37 heavy (non-hydrogen) atoms. The van der Waals surface area contributed by atoms with Crippen molar-refractivity contribution in [2.45, 2.75) is 12.0 Å². The number of pyridine rings is 1. The fourth-order valence-electron chi connectivity index (χ4n) is 3.78. The number of urea groups is 1. The van der Waals surface area contributed by atoms with Crippen molar-refractivity contribution in [3.63, 3.8) is 0 Å². The first-order valence-electron chi connectivity index (χ1n) is 11.1. The molecule has 3 heterocycles. The minimum Gasteiger partial charge on any atom is -0.467 e. The van der Waals surface area contributed by atoms with Crippen LogP contribution in [0.4, 0.5) is 4.79 Å². The van der Waals surface area contributed by atoms with Crippen LogP contribution in [-0.2, 0) is 14.3 Å². The number of aromatic nitrogens is 3. The third-order valence-electron chi connectivity index (χ3n) is 5.65. The van der Waals surface area contributed by atoms with E-state index in [-0.39, 0.29) is 18.8 Å². The lowest BCUT2D eigenvalue weighted by Crippen LogP contribution is -2.69. The minimum absolute atomic E-state index is 0.0593. The predicted octanol–water partition coefficient (Wildman–Crippen LogP) is 3.39. The average molecular weight is 522 g/mol. The van der Waals surface area contributed by atoms with Gasteiger partial charge in [0.2, 0.25) is 0 Å². The van der Waals surface area contributed by atoms with Gasteiger partial charge in [-0.1, -0.05) is 11.6 Å². The summed E-state index contributed by atoms with van der Waals surface area (Å²) in [5.41, 5.74) is -0.404. The Kier molecular flexibility index (Phi) is 6.47. The monoisotopic (exact) mass is 521 g/mol. The molecule has 2 aromatic carbocycles. The third kappa shape index (κ3) is 4.95. The number of methoxy groups -OCH3 is 1. The van der Waals surface area contributed by atoms with Crippen molar-refractivity contribution in [2.24, 2.45) is 0 Å². The van der Waals surface area contributed by atoms with Crippen molar-refractivity contribution in [1.82, 2.24) is 25.4 Å². The number of amides is 4. The molecular weight excluding hydrogens is 502 g/mol. The van der Waals surface area contributed by atoms with Gasteiger partial charge in [0.15, 0.2) is 0 Å². The summed E-state index contributed by atoms with van der Waals surface area (Å²) in [4.78, 5) is 40.7. The number of hydrogen-bond acceptors (Lipinski definition) is 8. The summed E-state index contributed by atoms with van der Waals surface area (Å²) in [6, 6.07) is 14.5. The molecule has 0 saturated carbocycles. The summed E-state index contributed by atoms with van der Waals surface area (Å²) in [5, 5.41) is 9.94. The molecule has 1 aliphatic rings. The molecule has 2 N–H and O–H groups in total. The van der Waals surface area contributed by atoms with Crippen LogP contribution in [0, 0.1) is 0 Å². The van der Waals surface area contributed by atoms with Crippen molar-refractivity contribution < 1.29 is 28.6 Å². The first-order valence-corrected chi connectivity index (χ1v) is 11.5. The van der Waals surface area contributed by atoms with Crippen molar-refractivity contribution in [3.05, 3.63) is 72.1 Å². The molecule has 4 aromatic rings. The van der Waals surface area contributed by atoms with Gasteiger partial charge in [-0.15, -0.1) is 0 Å². The highest BCUT2D eigenvalue weighted by atomic mass is 35.5. The Morgan fingerprint density at radius 2 is 1.65 bits per heavy atom. The van der Waals surface area contributed by atoms with E-state index in [1.165, 1.54) is 7.11 Å². The standard InChI is InChI=1S/C25H20ClN5O6/c1-35-11-10-25(22(32)28-24(34)29-23(25)33)37-18-5-3-17(4-6-18)36-19-7-8-20-15(12-19)14-31(30-20)16-2-9-21(26)27-13-16/h2-9,12-14H,10-11H2,1H3,(H2,28,29,32,33,34). The van der Waals surface area contributed by atoms with E-state index < -0.39 is 23.4 Å². The van der Waals surface area contributed by atoms with Gasteiger partial charge < -0.3 is 14.2 Å². The summed E-state index contributed by atoms with van der Waals surface area (Å²) in [6.07, 6.45) is 3.40. The van der Waals surface area contributed by atoms with Crippen molar-refractivity contribution >= 4 is 40.3 Å². The van der Waals surface area contributed by atoms with E-state index >= 15 is 0 Å². The molecule has 0 atom stereocenters. The third-order valence-corrected chi connectivity index (χ3v) is 5.87. The van der Waals surface area contributed by atoms with Gasteiger partial charge in [-0.05, 0) is 54.6 Å². The number of rotatable bonds is 8. The summed E-state index contributed by atoms with van der Waals surface area (Å²) in [6.45, 7) is 0.0593. The van der Waals surface area contributed by atoms with E-state index in [1.807, 2.05) is 24.4 Å². The summed E-state index contributed by atoms with van der Waals surface area (Å²) in [5.74, 6) is -0.407. The molecule has 188 valence electrons. The maximum Gasteiger partial charge on any atom is 0.328 e. The lowest BCUT2D eigenvalue weighted by molar-refractivity contribution is -0.153. The van der Waals surface area contributed by atoms with Crippen LogP contribution in [0.2, 0.25) is 5.15 Å². The number of benzene rings is 2. The van der Waals surface area contributed by atoms with E-state index in [1.54, 1.807) is 47.3 Å². The molecule has 1 saturated heterocycles. The van der Waals surface area contributed by atoms with Gasteiger partial charge >= 0.3 is 6.03 Å². The Balaban J connectivity index is 1.32. The van der Waals surface area contributed by atoms with E-state index in [4.69, 9.17) is 25.8 Å². The Morgan fingerprint density at radius 1 is 0.946 bits per heavy atom. The van der Waals surface area contributed by atoms with Crippen LogP contribution in [0.3, 0.4) is 0 Å². The molecule has 1 fully saturated rings. The zero-order valence-corrected chi connectivity index (χ0v) is 20.2. The number of ether oxygens (including phenoxy) is 3. The van der Waals surface area contributed by atoms with Crippen LogP contribution >= 0.6 is 11.6 Å². The largest absolute Gasteiger partial charge is 0.467 e. The van der Waals surface area contributed by atoms with Crippen LogP contribution in [0.5, 0.6) is 17.2 Å². The predicted molar refractivity (Wildman–Crippen MR) is 132 cm³/mol. The number of nitrogens with one attached hydrogen (secondary N) is 2. The molecule has 2 aromatic heterocycles. The summed E-state index contributed by atoms with van der Waals surface area (Å²) in [7, 11) is 1.43. The minimum atomic E-state index is -1.95. The molecule has 0 aliphatic carbocycles. The molecule has 0 bridgehead atoms. The highest BCUT2D eigenvalue weighted by Crippen LogP contribution is 2.30. The van der Waals surface area contributed by atoms with Crippen LogP contribution in [0.25, 0.3) is 16.6 Å². The van der Waals surface area contributed by atoms with Gasteiger partial charge in [-0.2, -0.15) is 5.10 Å². The zero-order chi connectivity index (χ0) is 26.0. The van der Waals surface area contributed by atoms with Crippen molar-refractivity contribution in [3.8, 4) is 22.9 Å². The van der Waals surface area contributed by atoms with Gasteiger partial charge in [-0.3, -0.25) is 20.2 Å². The molecule has 0 unspecified atom stereocenters. The number of carbonyl (C=O) groups is 3. The molecule has 5 rings (SSSR count). The Morgan fingerprint density at radius 3 is 2.32 bits per heavy atom. The first-order chi connectivity index (χ1) is 17.9. The Bertz CT molecular complexity index is 1470.